The molecule has 0 spiro atoms. The Morgan fingerprint density at radius 1 is 1.36 bits per heavy atom. The molecule has 1 aromatic rings. The molecule has 1 atom stereocenters. The van der Waals surface area contributed by atoms with Gasteiger partial charge in [-0.2, -0.15) is 13.2 Å². The molecule has 22 heavy (non-hydrogen) atoms. The number of pyridine rings is 1. The molecule has 0 bridgehead atoms. The van der Waals surface area contributed by atoms with E-state index in [2.05, 4.69) is 4.98 Å². The van der Waals surface area contributed by atoms with Crippen molar-refractivity contribution in [1.29, 1.82) is 0 Å². The van der Waals surface area contributed by atoms with Crippen molar-refractivity contribution in [3.63, 3.8) is 0 Å². The van der Waals surface area contributed by atoms with Crippen LogP contribution in [0.3, 0.4) is 0 Å². The molecule has 2 heterocycles. The largest absolute Gasteiger partial charge is 0.433 e. The fraction of sp³-hybridized carbons (Fsp3) is 0.600. The summed E-state index contributed by atoms with van der Waals surface area (Å²) < 4.78 is 43.4. The second kappa shape index (κ2) is 5.87. The van der Waals surface area contributed by atoms with E-state index >= 15 is 0 Å². The molecular weight excluding hydrogens is 297 g/mol. The molecule has 1 aliphatic heterocycles. The zero-order chi connectivity index (χ0) is 15.7. The van der Waals surface area contributed by atoms with Gasteiger partial charge < -0.3 is 9.64 Å². The number of aromatic nitrogens is 1. The SMILES string of the molecule is O=C(C1CC1)N1CCC(OCc2ccnc(C(F)(F)F)c2)C1. The maximum Gasteiger partial charge on any atom is 0.433 e. The smallest absolute Gasteiger partial charge is 0.372 e. The van der Waals surface area contributed by atoms with Gasteiger partial charge in [0, 0.05) is 25.2 Å². The molecule has 1 aromatic heterocycles. The summed E-state index contributed by atoms with van der Waals surface area (Å²) in [7, 11) is 0. The van der Waals surface area contributed by atoms with E-state index in [1.165, 1.54) is 6.07 Å². The molecule has 3 rings (SSSR count). The minimum Gasteiger partial charge on any atom is -0.372 e. The van der Waals surface area contributed by atoms with Crippen LogP contribution in [0, 0.1) is 5.92 Å². The summed E-state index contributed by atoms with van der Waals surface area (Å²) in [6, 6.07) is 2.51. The highest BCUT2D eigenvalue weighted by Gasteiger charge is 2.37. The lowest BCUT2D eigenvalue weighted by molar-refractivity contribution is -0.141. The average Bonchev–Trinajstić information content (AvgIpc) is 3.22. The first kappa shape index (κ1) is 15.3. The molecule has 120 valence electrons. The third kappa shape index (κ3) is 3.58. The molecule has 1 saturated heterocycles. The summed E-state index contributed by atoms with van der Waals surface area (Å²) in [4.78, 5) is 17.0. The molecule has 7 heteroatoms. The number of hydrogen-bond donors (Lipinski definition) is 0. The lowest BCUT2D eigenvalue weighted by Gasteiger charge is -2.16. The monoisotopic (exact) mass is 314 g/mol. The van der Waals surface area contributed by atoms with Crippen LogP contribution in [0.25, 0.3) is 0 Å². The Hall–Kier alpha value is -1.63. The fourth-order valence-electron chi connectivity index (χ4n) is 2.59. The molecule has 2 aliphatic rings. The first-order valence-corrected chi connectivity index (χ1v) is 7.36. The third-order valence-electron chi connectivity index (χ3n) is 3.98. The van der Waals surface area contributed by atoms with Gasteiger partial charge in [0.2, 0.25) is 5.91 Å². The molecule has 1 amide bonds. The van der Waals surface area contributed by atoms with E-state index < -0.39 is 11.9 Å². The van der Waals surface area contributed by atoms with Crippen LogP contribution in [0.2, 0.25) is 0 Å². The summed E-state index contributed by atoms with van der Waals surface area (Å²) in [6.45, 7) is 1.30. The summed E-state index contributed by atoms with van der Waals surface area (Å²) in [6.07, 6.45) is -0.743. The van der Waals surface area contributed by atoms with Crippen molar-refractivity contribution in [2.45, 2.75) is 38.1 Å². The highest BCUT2D eigenvalue weighted by atomic mass is 19.4. The molecule has 0 N–H and O–H groups in total. The van der Waals surface area contributed by atoms with Crippen molar-refractivity contribution >= 4 is 5.91 Å². The van der Waals surface area contributed by atoms with E-state index in [4.69, 9.17) is 4.74 Å². The minimum absolute atomic E-state index is 0.0989. The van der Waals surface area contributed by atoms with E-state index in [1.54, 1.807) is 4.90 Å². The van der Waals surface area contributed by atoms with Crippen LogP contribution in [-0.4, -0.2) is 35.0 Å². The van der Waals surface area contributed by atoms with Gasteiger partial charge in [0.25, 0.3) is 0 Å². The number of halogens is 3. The molecular formula is C15H17F3N2O2. The maximum absolute atomic E-state index is 12.6. The fourth-order valence-corrected chi connectivity index (χ4v) is 2.59. The Kier molecular flexibility index (Phi) is 4.08. The zero-order valence-corrected chi connectivity index (χ0v) is 12.0. The predicted octanol–water partition coefficient (Wildman–Crippen LogP) is 2.63. The second-order valence-electron chi connectivity index (χ2n) is 5.83. The highest BCUT2D eigenvalue weighted by molar-refractivity contribution is 5.81. The number of amides is 1. The van der Waals surface area contributed by atoms with Crippen molar-refractivity contribution in [2.24, 2.45) is 5.92 Å². The molecule has 2 fully saturated rings. The van der Waals surface area contributed by atoms with Crippen molar-refractivity contribution < 1.29 is 22.7 Å². The lowest BCUT2D eigenvalue weighted by Crippen LogP contribution is -2.31. The van der Waals surface area contributed by atoms with E-state index in [0.29, 0.717) is 18.7 Å². The normalized spacial score (nSPS) is 22.1. The van der Waals surface area contributed by atoms with Gasteiger partial charge in [-0.1, -0.05) is 0 Å². The Morgan fingerprint density at radius 3 is 2.82 bits per heavy atom. The quantitative estimate of drug-likeness (QED) is 0.858. The summed E-state index contributed by atoms with van der Waals surface area (Å²) in [5.41, 5.74) is -0.472. The molecule has 0 aromatic carbocycles. The predicted molar refractivity (Wildman–Crippen MR) is 71.7 cm³/mol. The summed E-state index contributed by atoms with van der Waals surface area (Å²) in [5, 5.41) is 0. The Morgan fingerprint density at radius 2 is 2.14 bits per heavy atom. The van der Waals surface area contributed by atoms with Crippen LogP contribution in [0.4, 0.5) is 13.2 Å². The molecule has 1 aliphatic carbocycles. The Balaban J connectivity index is 1.52. The van der Waals surface area contributed by atoms with Crippen LogP contribution in [0.15, 0.2) is 18.3 Å². The first-order valence-electron chi connectivity index (χ1n) is 7.36. The highest BCUT2D eigenvalue weighted by Crippen LogP contribution is 2.32. The van der Waals surface area contributed by atoms with Gasteiger partial charge in [-0.3, -0.25) is 9.78 Å². The van der Waals surface area contributed by atoms with Gasteiger partial charge in [-0.05, 0) is 37.0 Å². The molecule has 1 unspecified atom stereocenters. The van der Waals surface area contributed by atoms with Crippen LogP contribution < -0.4 is 0 Å². The third-order valence-corrected chi connectivity index (χ3v) is 3.98. The van der Waals surface area contributed by atoms with Gasteiger partial charge in [-0.15, -0.1) is 0 Å². The average molecular weight is 314 g/mol. The standard InChI is InChI=1S/C15H17F3N2O2/c16-15(17,18)13-7-10(3-5-19-13)9-22-12-4-6-20(8-12)14(21)11-1-2-11/h3,5,7,11-12H,1-2,4,6,8-9H2. The number of likely N-dealkylation sites (tertiary alicyclic amines) is 1. The van der Waals surface area contributed by atoms with Crippen LogP contribution in [-0.2, 0) is 22.3 Å². The van der Waals surface area contributed by atoms with Gasteiger partial charge in [0.05, 0.1) is 12.7 Å². The molecule has 1 saturated carbocycles. The maximum atomic E-state index is 12.6. The van der Waals surface area contributed by atoms with Gasteiger partial charge in [0.1, 0.15) is 5.69 Å². The van der Waals surface area contributed by atoms with E-state index in [0.717, 1.165) is 31.5 Å². The van der Waals surface area contributed by atoms with Crippen LogP contribution >= 0.6 is 0 Å². The summed E-state index contributed by atoms with van der Waals surface area (Å²) in [5.74, 6) is 0.377. The number of carbonyl (C=O) groups is 1. The van der Waals surface area contributed by atoms with Crippen molar-refractivity contribution in [3.05, 3.63) is 29.6 Å². The Labute approximate surface area is 126 Å². The zero-order valence-electron chi connectivity index (χ0n) is 12.0. The van der Waals surface area contributed by atoms with Crippen LogP contribution in [0.1, 0.15) is 30.5 Å². The Bertz CT molecular complexity index is 558. The van der Waals surface area contributed by atoms with Gasteiger partial charge in [-0.25, -0.2) is 0 Å². The summed E-state index contributed by atoms with van der Waals surface area (Å²) >= 11 is 0. The van der Waals surface area contributed by atoms with Gasteiger partial charge in [0.15, 0.2) is 0 Å². The number of carbonyl (C=O) groups excluding carboxylic acids is 1. The van der Waals surface area contributed by atoms with Crippen LogP contribution in [0.5, 0.6) is 0 Å². The van der Waals surface area contributed by atoms with Crippen molar-refractivity contribution in [3.8, 4) is 0 Å². The minimum atomic E-state index is -4.45. The number of alkyl halides is 3. The lowest BCUT2D eigenvalue weighted by atomic mass is 10.2. The van der Waals surface area contributed by atoms with E-state index in [9.17, 15) is 18.0 Å². The number of rotatable bonds is 4. The number of nitrogens with zero attached hydrogens (tertiary/aromatic N) is 2. The second-order valence-corrected chi connectivity index (χ2v) is 5.83. The number of hydrogen-bond acceptors (Lipinski definition) is 3. The molecule has 0 radical (unpaired) electrons. The topological polar surface area (TPSA) is 42.4 Å². The molecule has 4 nitrogen and oxygen atoms in total. The first-order chi connectivity index (χ1) is 10.4. The van der Waals surface area contributed by atoms with Crippen molar-refractivity contribution in [2.75, 3.05) is 13.1 Å². The van der Waals surface area contributed by atoms with E-state index in [1.807, 2.05) is 0 Å². The number of ether oxygens (including phenoxy) is 1. The van der Waals surface area contributed by atoms with Crippen molar-refractivity contribution in [1.82, 2.24) is 9.88 Å². The van der Waals surface area contributed by atoms with E-state index in [-0.39, 0.29) is 24.5 Å². The van der Waals surface area contributed by atoms with Gasteiger partial charge >= 0.3 is 6.18 Å².